The Hall–Kier alpha value is -2.33. The first kappa shape index (κ1) is 14.6. The van der Waals surface area contributed by atoms with Gasteiger partial charge in [0.25, 0.3) is 0 Å². The van der Waals surface area contributed by atoms with Gasteiger partial charge in [-0.15, -0.1) is 0 Å². The Balaban J connectivity index is 2.15. The fourth-order valence-electron chi connectivity index (χ4n) is 2.55. The summed E-state index contributed by atoms with van der Waals surface area (Å²) < 4.78 is 7.42. The predicted molar refractivity (Wildman–Crippen MR) is 87.2 cm³/mol. The molecule has 3 rings (SSSR count). The Morgan fingerprint density at radius 2 is 2.00 bits per heavy atom. The van der Waals surface area contributed by atoms with Gasteiger partial charge >= 0.3 is 0 Å². The quantitative estimate of drug-likeness (QED) is 0.799. The van der Waals surface area contributed by atoms with Crippen molar-refractivity contribution in [1.82, 2.24) is 9.38 Å². The van der Waals surface area contributed by atoms with Gasteiger partial charge in [-0.2, -0.15) is 0 Å². The summed E-state index contributed by atoms with van der Waals surface area (Å²) in [5.41, 5.74) is 4.82. The van der Waals surface area contributed by atoms with Crippen LogP contribution >= 0.6 is 0 Å². The highest BCUT2D eigenvalue weighted by atomic mass is 16.5. The van der Waals surface area contributed by atoms with Crippen LogP contribution in [0.2, 0.25) is 0 Å². The molecule has 0 saturated carbocycles. The molecule has 1 N–H and O–H groups in total. The second-order valence-electron chi connectivity index (χ2n) is 5.70. The fraction of sp³-hybridized carbons (Fsp3) is 0.278. The highest BCUT2D eigenvalue weighted by Crippen LogP contribution is 2.32. The van der Waals surface area contributed by atoms with Gasteiger partial charge in [-0.1, -0.05) is 26.0 Å². The Bertz CT molecular complexity index is 806. The van der Waals surface area contributed by atoms with Crippen LogP contribution in [-0.2, 0) is 6.61 Å². The molecule has 1 aromatic carbocycles. The maximum atomic E-state index is 9.25. The number of imidazole rings is 1. The number of fused-ring (bicyclic) bond motifs is 1. The summed E-state index contributed by atoms with van der Waals surface area (Å²) >= 11 is 0. The molecule has 0 bridgehead atoms. The van der Waals surface area contributed by atoms with Crippen molar-refractivity contribution < 1.29 is 9.84 Å². The van der Waals surface area contributed by atoms with Gasteiger partial charge in [0.05, 0.1) is 19.4 Å². The number of aliphatic hydroxyl groups excluding tert-OH is 1. The Morgan fingerprint density at radius 1 is 1.18 bits per heavy atom. The molecular weight excluding hydrogens is 276 g/mol. The van der Waals surface area contributed by atoms with E-state index in [-0.39, 0.29) is 6.61 Å². The van der Waals surface area contributed by atoms with Crippen molar-refractivity contribution in [2.45, 2.75) is 26.4 Å². The van der Waals surface area contributed by atoms with E-state index in [1.54, 1.807) is 7.11 Å². The lowest BCUT2D eigenvalue weighted by Crippen LogP contribution is -1.92. The lowest BCUT2D eigenvalue weighted by Gasteiger charge is -2.11. The Labute approximate surface area is 130 Å². The molecule has 0 aliphatic heterocycles. The van der Waals surface area contributed by atoms with E-state index in [9.17, 15) is 5.11 Å². The van der Waals surface area contributed by atoms with Crippen molar-refractivity contribution in [2.24, 2.45) is 0 Å². The molecule has 0 spiro atoms. The molecule has 0 aliphatic carbocycles. The van der Waals surface area contributed by atoms with Gasteiger partial charge in [0, 0.05) is 18.0 Å². The van der Waals surface area contributed by atoms with Crippen LogP contribution < -0.4 is 4.74 Å². The SMILES string of the molecule is COc1ccc(C(C)C)cc1-c1cn2cc(CO)ccc2n1. The number of hydrogen-bond donors (Lipinski definition) is 1. The summed E-state index contributed by atoms with van der Waals surface area (Å²) in [6.07, 6.45) is 3.86. The average Bonchev–Trinajstić information content (AvgIpc) is 2.96. The molecule has 0 fully saturated rings. The van der Waals surface area contributed by atoms with Crippen molar-refractivity contribution >= 4 is 5.65 Å². The fourth-order valence-corrected chi connectivity index (χ4v) is 2.55. The second kappa shape index (κ2) is 5.81. The minimum absolute atomic E-state index is 0.0234. The summed E-state index contributed by atoms with van der Waals surface area (Å²) in [5, 5.41) is 9.25. The van der Waals surface area contributed by atoms with E-state index in [4.69, 9.17) is 4.74 Å². The van der Waals surface area contributed by atoms with Crippen LogP contribution in [0.4, 0.5) is 0 Å². The number of benzene rings is 1. The molecule has 0 aliphatic rings. The van der Waals surface area contributed by atoms with Gasteiger partial charge in [0.1, 0.15) is 11.4 Å². The minimum Gasteiger partial charge on any atom is -0.496 e. The molecular formula is C18H20N2O2. The highest BCUT2D eigenvalue weighted by Gasteiger charge is 2.12. The molecule has 4 nitrogen and oxygen atoms in total. The van der Waals surface area contributed by atoms with Crippen molar-refractivity contribution in [3.05, 3.63) is 53.9 Å². The zero-order valence-electron chi connectivity index (χ0n) is 13.1. The maximum absolute atomic E-state index is 9.25. The van der Waals surface area contributed by atoms with Gasteiger partial charge in [0.15, 0.2) is 0 Å². The molecule has 3 aromatic rings. The van der Waals surface area contributed by atoms with Crippen LogP contribution in [-0.4, -0.2) is 21.6 Å². The van der Waals surface area contributed by atoms with Gasteiger partial charge in [-0.3, -0.25) is 0 Å². The number of pyridine rings is 1. The number of ether oxygens (including phenoxy) is 1. The molecule has 0 saturated heterocycles. The Kier molecular flexibility index (Phi) is 3.86. The number of methoxy groups -OCH3 is 1. The molecule has 0 radical (unpaired) electrons. The first-order valence-electron chi connectivity index (χ1n) is 7.39. The molecule has 2 aromatic heterocycles. The zero-order chi connectivity index (χ0) is 15.7. The molecule has 4 heteroatoms. The average molecular weight is 296 g/mol. The van der Waals surface area contributed by atoms with E-state index >= 15 is 0 Å². The standard InChI is InChI=1S/C18H20N2O2/c1-12(2)14-5-6-17(22-3)15(8-14)16-10-20-9-13(11-21)4-7-18(20)19-16/h4-10,12,21H,11H2,1-3H3. The van der Waals surface area contributed by atoms with Crippen molar-refractivity contribution in [3.63, 3.8) is 0 Å². The van der Waals surface area contributed by atoms with Crippen molar-refractivity contribution in [3.8, 4) is 17.0 Å². The highest BCUT2D eigenvalue weighted by molar-refractivity contribution is 5.70. The number of nitrogens with zero attached hydrogens (tertiary/aromatic N) is 2. The van der Waals surface area contributed by atoms with Crippen LogP contribution in [0, 0.1) is 0 Å². The van der Waals surface area contributed by atoms with Crippen molar-refractivity contribution in [2.75, 3.05) is 7.11 Å². The first-order valence-corrected chi connectivity index (χ1v) is 7.39. The normalized spacial score (nSPS) is 11.3. The Morgan fingerprint density at radius 3 is 2.68 bits per heavy atom. The van der Waals surface area contributed by atoms with Crippen LogP contribution in [0.5, 0.6) is 5.75 Å². The third-order valence-corrected chi connectivity index (χ3v) is 3.86. The number of rotatable bonds is 4. The van der Waals surface area contributed by atoms with Crippen molar-refractivity contribution in [1.29, 1.82) is 0 Å². The lowest BCUT2D eigenvalue weighted by atomic mass is 9.99. The summed E-state index contributed by atoms with van der Waals surface area (Å²) in [4.78, 5) is 4.67. The topological polar surface area (TPSA) is 46.8 Å². The molecule has 114 valence electrons. The van der Waals surface area contributed by atoms with Crippen LogP contribution in [0.15, 0.2) is 42.7 Å². The largest absolute Gasteiger partial charge is 0.496 e. The maximum Gasteiger partial charge on any atom is 0.137 e. The summed E-state index contributed by atoms with van der Waals surface area (Å²) in [6.45, 7) is 4.36. The number of hydrogen-bond acceptors (Lipinski definition) is 3. The lowest BCUT2D eigenvalue weighted by molar-refractivity contribution is 0.281. The minimum atomic E-state index is 0.0234. The van der Waals surface area contributed by atoms with E-state index in [0.29, 0.717) is 5.92 Å². The van der Waals surface area contributed by atoms with Crippen LogP contribution in [0.25, 0.3) is 16.9 Å². The van der Waals surface area contributed by atoms with Crippen LogP contribution in [0.3, 0.4) is 0 Å². The zero-order valence-corrected chi connectivity index (χ0v) is 13.1. The van der Waals surface area contributed by atoms with Gasteiger partial charge in [0.2, 0.25) is 0 Å². The number of aromatic nitrogens is 2. The molecule has 0 atom stereocenters. The van der Waals surface area contributed by atoms with Gasteiger partial charge < -0.3 is 14.2 Å². The third-order valence-electron chi connectivity index (χ3n) is 3.86. The van der Waals surface area contributed by atoms with E-state index in [1.165, 1.54) is 5.56 Å². The summed E-state index contributed by atoms with van der Waals surface area (Å²) in [5.74, 6) is 1.26. The molecule has 2 heterocycles. The van der Waals surface area contributed by atoms with Gasteiger partial charge in [-0.25, -0.2) is 4.98 Å². The molecule has 0 unspecified atom stereocenters. The summed E-state index contributed by atoms with van der Waals surface area (Å²) in [7, 11) is 1.67. The third kappa shape index (κ3) is 2.57. The molecule has 22 heavy (non-hydrogen) atoms. The molecule has 0 amide bonds. The smallest absolute Gasteiger partial charge is 0.137 e. The van der Waals surface area contributed by atoms with E-state index in [2.05, 4.69) is 31.0 Å². The first-order chi connectivity index (χ1) is 10.6. The summed E-state index contributed by atoms with van der Waals surface area (Å²) in [6, 6.07) is 10.0. The van der Waals surface area contributed by atoms with E-state index in [0.717, 1.165) is 28.2 Å². The second-order valence-corrected chi connectivity index (χ2v) is 5.70. The van der Waals surface area contributed by atoms with Crippen LogP contribution in [0.1, 0.15) is 30.9 Å². The van der Waals surface area contributed by atoms with E-state index < -0.39 is 0 Å². The predicted octanol–water partition coefficient (Wildman–Crippen LogP) is 3.63. The van der Waals surface area contributed by atoms with E-state index in [1.807, 2.05) is 35.0 Å². The number of aliphatic hydroxyl groups is 1. The monoisotopic (exact) mass is 296 g/mol. The van der Waals surface area contributed by atoms with Gasteiger partial charge in [-0.05, 0) is 35.2 Å².